The third-order valence-electron chi connectivity index (χ3n) is 4.49. The lowest BCUT2D eigenvalue weighted by molar-refractivity contribution is -0.149. The number of hydrogen-bond acceptors (Lipinski definition) is 7. The summed E-state index contributed by atoms with van der Waals surface area (Å²) in [7, 11) is 0. The van der Waals surface area contributed by atoms with Crippen LogP contribution < -0.4 is 9.47 Å². The van der Waals surface area contributed by atoms with Crippen LogP contribution in [0.5, 0.6) is 11.5 Å². The molecule has 0 atom stereocenters. The number of nitrogens with zero attached hydrogens (tertiary/aromatic N) is 1. The number of carbonyl (C=O) groups is 3. The average molecular weight is 599 g/mol. The van der Waals surface area contributed by atoms with Gasteiger partial charge >= 0.3 is 5.97 Å². The van der Waals surface area contributed by atoms with Gasteiger partial charge in [-0.2, -0.15) is 0 Å². The summed E-state index contributed by atoms with van der Waals surface area (Å²) in [4.78, 5) is 37.9. The standard InChI is InChI=1S/C24H23FINO6S/c1-4-31-19-10-15(9-18(26)22(19)32-13-16-7-5-6-8-17(16)25)11-20-23(29)27(24(30)34-20)12-21(28)33-14(2)3/h5-11,14H,4,12-13H2,1-3H3/b20-11+. The molecular weight excluding hydrogens is 576 g/mol. The summed E-state index contributed by atoms with van der Waals surface area (Å²) in [5, 5.41) is -0.540. The third-order valence-corrected chi connectivity index (χ3v) is 6.20. The number of halogens is 2. The van der Waals surface area contributed by atoms with Crippen LogP contribution in [0, 0.1) is 9.39 Å². The third kappa shape index (κ3) is 6.50. The molecule has 0 saturated carbocycles. The van der Waals surface area contributed by atoms with Gasteiger partial charge in [0.2, 0.25) is 0 Å². The molecule has 1 heterocycles. The maximum Gasteiger partial charge on any atom is 0.326 e. The van der Waals surface area contributed by atoms with E-state index in [-0.39, 0.29) is 23.4 Å². The van der Waals surface area contributed by atoms with Crippen LogP contribution in [0.15, 0.2) is 41.3 Å². The molecule has 1 aliphatic rings. The van der Waals surface area contributed by atoms with Crippen LogP contribution in [0.4, 0.5) is 9.18 Å². The number of benzene rings is 2. The molecule has 0 aliphatic carbocycles. The predicted octanol–water partition coefficient (Wildman–Crippen LogP) is 5.40. The van der Waals surface area contributed by atoms with Crippen LogP contribution in [-0.4, -0.2) is 41.3 Å². The van der Waals surface area contributed by atoms with E-state index in [0.29, 0.717) is 32.8 Å². The lowest BCUT2D eigenvalue weighted by atomic mass is 10.1. The van der Waals surface area contributed by atoms with Gasteiger partial charge in [0.05, 0.1) is 21.2 Å². The number of imide groups is 1. The van der Waals surface area contributed by atoms with E-state index in [1.165, 1.54) is 6.07 Å². The van der Waals surface area contributed by atoms with E-state index < -0.39 is 23.7 Å². The summed E-state index contributed by atoms with van der Waals surface area (Å²) >= 11 is 2.82. The molecule has 0 N–H and O–H groups in total. The van der Waals surface area contributed by atoms with Crippen molar-refractivity contribution in [2.24, 2.45) is 0 Å². The van der Waals surface area contributed by atoms with Crippen molar-refractivity contribution in [1.82, 2.24) is 4.90 Å². The van der Waals surface area contributed by atoms with Gasteiger partial charge in [-0.15, -0.1) is 0 Å². The first-order valence-electron chi connectivity index (χ1n) is 10.5. The number of amides is 2. The average Bonchev–Trinajstić information content (AvgIpc) is 3.01. The lowest BCUT2D eigenvalue weighted by Crippen LogP contribution is -2.35. The van der Waals surface area contributed by atoms with Crippen molar-refractivity contribution >= 4 is 57.5 Å². The fourth-order valence-corrected chi connectivity index (χ4v) is 4.68. The SMILES string of the molecule is CCOc1cc(/C=C2/SC(=O)N(CC(=O)OC(C)C)C2=O)cc(I)c1OCc1ccccc1F. The van der Waals surface area contributed by atoms with Crippen molar-refractivity contribution in [2.75, 3.05) is 13.2 Å². The first kappa shape index (κ1) is 26.0. The molecule has 0 radical (unpaired) electrons. The molecule has 180 valence electrons. The molecule has 1 aliphatic heterocycles. The van der Waals surface area contributed by atoms with Crippen molar-refractivity contribution in [3.63, 3.8) is 0 Å². The first-order chi connectivity index (χ1) is 16.2. The smallest absolute Gasteiger partial charge is 0.326 e. The quantitative estimate of drug-likeness (QED) is 0.217. The number of carbonyl (C=O) groups excluding carboxylic acids is 3. The summed E-state index contributed by atoms with van der Waals surface area (Å²) in [5.41, 5.74) is 1.02. The largest absolute Gasteiger partial charge is 0.490 e. The molecule has 10 heteroatoms. The lowest BCUT2D eigenvalue weighted by Gasteiger charge is -2.15. The molecule has 3 rings (SSSR count). The summed E-state index contributed by atoms with van der Waals surface area (Å²) in [5.74, 6) is -0.698. The molecule has 0 spiro atoms. The molecule has 1 fully saturated rings. The van der Waals surface area contributed by atoms with Gasteiger partial charge in [0.1, 0.15) is 19.0 Å². The van der Waals surface area contributed by atoms with Gasteiger partial charge in [-0.1, -0.05) is 18.2 Å². The monoisotopic (exact) mass is 599 g/mol. The Morgan fingerprint density at radius 1 is 1.21 bits per heavy atom. The van der Waals surface area contributed by atoms with Crippen LogP contribution in [0.3, 0.4) is 0 Å². The van der Waals surface area contributed by atoms with Gasteiger partial charge in [0, 0.05) is 5.56 Å². The number of hydrogen-bond donors (Lipinski definition) is 0. The summed E-state index contributed by atoms with van der Waals surface area (Å²) in [6, 6.07) is 9.80. The Bertz CT molecular complexity index is 1140. The zero-order chi connectivity index (χ0) is 24.8. The van der Waals surface area contributed by atoms with Crippen molar-refractivity contribution in [3.05, 3.63) is 61.8 Å². The number of ether oxygens (including phenoxy) is 3. The fourth-order valence-electron chi connectivity index (χ4n) is 3.06. The van der Waals surface area contributed by atoms with Crippen molar-refractivity contribution in [2.45, 2.75) is 33.5 Å². The molecule has 2 aromatic carbocycles. The van der Waals surface area contributed by atoms with Crippen LogP contribution in [0.1, 0.15) is 31.9 Å². The maximum atomic E-state index is 14.0. The summed E-state index contributed by atoms with van der Waals surface area (Å²) in [6.07, 6.45) is 1.21. The minimum Gasteiger partial charge on any atom is -0.490 e. The molecule has 34 heavy (non-hydrogen) atoms. The van der Waals surface area contributed by atoms with Crippen LogP contribution in [0.2, 0.25) is 0 Å². The number of thioether (sulfide) groups is 1. The van der Waals surface area contributed by atoms with Crippen molar-refractivity contribution in [1.29, 1.82) is 0 Å². The van der Waals surface area contributed by atoms with Crippen molar-refractivity contribution in [3.8, 4) is 11.5 Å². The van der Waals surface area contributed by atoms with E-state index in [2.05, 4.69) is 22.6 Å². The second kappa shape index (κ2) is 11.7. The van der Waals surface area contributed by atoms with E-state index in [1.54, 1.807) is 50.3 Å². The van der Waals surface area contributed by atoms with Crippen LogP contribution in [0.25, 0.3) is 6.08 Å². The zero-order valence-corrected chi connectivity index (χ0v) is 21.8. The van der Waals surface area contributed by atoms with E-state index in [0.717, 1.165) is 16.7 Å². The molecular formula is C24H23FINO6S. The van der Waals surface area contributed by atoms with Crippen molar-refractivity contribution < 1.29 is 33.0 Å². The normalized spacial score (nSPS) is 14.8. The second-order valence-corrected chi connectivity index (χ2v) is 9.60. The number of esters is 1. The fraction of sp³-hybridized carbons (Fsp3) is 0.292. The minimum atomic E-state index is -0.650. The highest BCUT2D eigenvalue weighted by Crippen LogP contribution is 2.38. The number of rotatable bonds is 9. The highest BCUT2D eigenvalue weighted by atomic mass is 127. The zero-order valence-electron chi connectivity index (χ0n) is 18.8. The molecule has 0 aromatic heterocycles. The first-order valence-corrected chi connectivity index (χ1v) is 12.4. The summed E-state index contributed by atoms with van der Waals surface area (Å²) in [6.45, 7) is 5.14. The molecule has 1 saturated heterocycles. The maximum absolute atomic E-state index is 14.0. The van der Waals surface area contributed by atoms with Gasteiger partial charge in [-0.25, -0.2) is 4.39 Å². The molecule has 2 amide bonds. The van der Waals surface area contributed by atoms with E-state index in [1.807, 2.05) is 6.92 Å². The topological polar surface area (TPSA) is 82.1 Å². The van der Waals surface area contributed by atoms with E-state index in [9.17, 15) is 18.8 Å². The Morgan fingerprint density at radius 2 is 1.94 bits per heavy atom. The Hall–Kier alpha value is -2.60. The highest BCUT2D eigenvalue weighted by molar-refractivity contribution is 14.1. The Labute approximate surface area is 214 Å². The Kier molecular flexibility index (Phi) is 8.95. The van der Waals surface area contributed by atoms with Gasteiger partial charge in [-0.05, 0) is 85.0 Å². The molecule has 0 unspecified atom stereocenters. The van der Waals surface area contributed by atoms with Gasteiger partial charge < -0.3 is 14.2 Å². The molecule has 7 nitrogen and oxygen atoms in total. The molecule has 2 aromatic rings. The molecule has 0 bridgehead atoms. The predicted molar refractivity (Wildman–Crippen MR) is 135 cm³/mol. The Morgan fingerprint density at radius 3 is 2.62 bits per heavy atom. The van der Waals surface area contributed by atoms with E-state index >= 15 is 0 Å². The van der Waals surface area contributed by atoms with Gasteiger partial charge in [0.25, 0.3) is 11.1 Å². The van der Waals surface area contributed by atoms with Gasteiger partial charge in [0.15, 0.2) is 11.5 Å². The van der Waals surface area contributed by atoms with Gasteiger partial charge in [-0.3, -0.25) is 19.3 Å². The van der Waals surface area contributed by atoms with Crippen LogP contribution >= 0.6 is 34.4 Å². The Balaban J connectivity index is 1.82. The minimum absolute atomic E-state index is 0.0213. The van der Waals surface area contributed by atoms with Crippen LogP contribution in [-0.2, 0) is 20.9 Å². The van der Waals surface area contributed by atoms with E-state index in [4.69, 9.17) is 14.2 Å². The summed E-state index contributed by atoms with van der Waals surface area (Å²) < 4.78 is 31.3. The second-order valence-electron chi connectivity index (χ2n) is 7.45. The highest BCUT2D eigenvalue weighted by Gasteiger charge is 2.36.